The van der Waals surface area contributed by atoms with E-state index in [-0.39, 0.29) is 11.9 Å². The minimum absolute atomic E-state index is 0.0298. The van der Waals surface area contributed by atoms with Gasteiger partial charge in [-0.15, -0.1) is 10.2 Å². The minimum Gasteiger partial charge on any atom is -0.346 e. The first-order valence-electron chi connectivity index (χ1n) is 10.8. The Balaban J connectivity index is 1.52. The molecule has 3 aromatic rings. The van der Waals surface area contributed by atoms with Gasteiger partial charge in [-0.1, -0.05) is 32.0 Å². The van der Waals surface area contributed by atoms with Gasteiger partial charge >= 0.3 is 0 Å². The number of aromatic nitrogens is 4. The van der Waals surface area contributed by atoms with Crippen molar-refractivity contribution in [2.75, 3.05) is 13.1 Å². The van der Waals surface area contributed by atoms with Crippen LogP contribution in [-0.4, -0.2) is 43.6 Å². The average Bonchev–Trinajstić information content (AvgIpc) is 3.01. The van der Waals surface area contributed by atoms with E-state index in [1.165, 1.54) is 10.9 Å². The predicted octanol–water partition coefficient (Wildman–Crippen LogP) is 3.11. The molecule has 30 heavy (non-hydrogen) atoms. The van der Waals surface area contributed by atoms with Crippen molar-refractivity contribution in [2.45, 2.75) is 52.7 Å². The largest absolute Gasteiger partial charge is 0.346 e. The second-order valence-corrected chi connectivity index (χ2v) is 8.52. The van der Waals surface area contributed by atoms with Crippen LogP contribution in [0, 0.1) is 5.92 Å². The van der Waals surface area contributed by atoms with E-state index in [2.05, 4.69) is 68.1 Å². The number of carbonyl (C=O) groups excluding carboxylic acids is 1. The first-order chi connectivity index (χ1) is 14.5. The van der Waals surface area contributed by atoms with Crippen molar-refractivity contribution < 1.29 is 4.79 Å². The molecule has 0 saturated heterocycles. The van der Waals surface area contributed by atoms with E-state index in [1.807, 2.05) is 12.3 Å². The van der Waals surface area contributed by atoms with E-state index >= 15 is 0 Å². The third-order valence-corrected chi connectivity index (χ3v) is 5.67. The molecule has 0 saturated carbocycles. The summed E-state index contributed by atoms with van der Waals surface area (Å²) in [6, 6.07) is 10.4. The average molecular weight is 407 g/mol. The number of fused-ring (bicyclic) bond motifs is 2. The first kappa shape index (κ1) is 20.5. The molecule has 2 aromatic heterocycles. The van der Waals surface area contributed by atoms with Crippen molar-refractivity contribution in [3.8, 4) is 0 Å². The first-order valence-corrected chi connectivity index (χ1v) is 10.8. The van der Waals surface area contributed by atoms with Crippen LogP contribution in [0.15, 0.2) is 36.5 Å². The standard InChI is InChI=1S/C23H30N6O/c1-16(2)14-21(25-17(3)30)23-27-26-22-9-11-28(12-13-29(22)23)15-18-6-4-8-20-19(18)7-5-10-24-20/h4-8,10,16,21H,9,11-15H2,1-3H3,(H,25,30). The zero-order chi connectivity index (χ0) is 21.1. The maximum absolute atomic E-state index is 11.7. The molecule has 1 unspecified atom stereocenters. The summed E-state index contributed by atoms with van der Waals surface area (Å²) >= 11 is 0. The molecule has 0 aliphatic carbocycles. The van der Waals surface area contributed by atoms with Gasteiger partial charge in [0.15, 0.2) is 5.82 Å². The summed E-state index contributed by atoms with van der Waals surface area (Å²) in [5, 5.41) is 13.2. The van der Waals surface area contributed by atoms with Crippen LogP contribution in [0.1, 0.15) is 50.4 Å². The van der Waals surface area contributed by atoms with Gasteiger partial charge in [0, 0.05) is 51.1 Å². The lowest BCUT2D eigenvalue weighted by Gasteiger charge is -2.22. The van der Waals surface area contributed by atoms with Crippen LogP contribution in [0.3, 0.4) is 0 Å². The van der Waals surface area contributed by atoms with Gasteiger partial charge in [0.05, 0.1) is 11.6 Å². The lowest BCUT2D eigenvalue weighted by atomic mass is 10.0. The lowest BCUT2D eigenvalue weighted by Crippen LogP contribution is -2.31. The highest BCUT2D eigenvalue weighted by atomic mass is 16.1. The van der Waals surface area contributed by atoms with Gasteiger partial charge in [-0.3, -0.25) is 14.7 Å². The van der Waals surface area contributed by atoms with E-state index in [0.29, 0.717) is 5.92 Å². The zero-order valence-corrected chi connectivity index (χ0v) is 18.0. The number of rotatable bonds is 6. The maximum atomic E-state index is 11.7. The molecule has 0 fully saturated rings. The van der Waals surface area contributed by atoms with E-state index in [0.717, 1.165) is 56.2 Å². The Hall–Kier alpha value is -2.80. The molecule has 7 nitrogen and oxygen atoms in total. The van der Waals surface area contributed by atoms with Gasteiger partial charge in [0.1, 0.15) is 5.82 Å². The van der Waals surface area contributed by atoms with E-state index < -0.39 is 0 Å². The van der Waals surface area contributed by atoms with Gasteiger partial charge in [-0.05, 0) is 30.0 Å². The van der Waals surface area contributed by atoms with Crippen molar-refractivity contribution >= 4 is 16.8 Å². The van der Waals surface area contributed by atoms with Crippen LogP contribution in [-0.2, 0) is 24.3 Å². The highest BCUT2D eigenvalue weighted by molar-refractivity contribution is 5.81. The smallest absolute Gasteiger partial charge is 0.217 e. The molecule has 1 aliphatic heterocycles. The summed E-state index contributed by atoms with van der Waals surface area (Å²) in [5.74, 6) is 2.31. The maximum Gasteiger partial charge on any atom is 0.217 e. The van der Waals surface area contributed by atoms with E-state index in [1.54, 1.807) is 6.92 Å². The quantitative estimate of drug-likeness (QED) is 0.681. The summed E-state index contributed by atoms with van der Waals surface area (Å²) in [6.45, 7) is 9.46. The number of hydrogen-bond acceptors (Lipinski definition) is 5. The molecule has 1 aliphatic rings. The van der Waals surface area contributed by atoms with Crippen LogP contribution in [0.5, 0.6) is 0 Å². The summed E-state index contributed by atoms with van der Waals surface area (Å²) in [5.41, 5.74) is 2.34. The van der Waals surface area contributed by atoms with Crippen LogP contribution in [0.25, 0.3) is 10.9 Å². The minimum atomic E-state index is -0.0977. The summed E-state index contributed by atoms with van der Waals surface area (Å²) in [6.07, 6.45) is 3.54. The Morgan fingerprint density at radius 3 is 2.80 bits per heavy atom. The van der Waals surface area contributed by atoms with E-state index in [4.69, 9.17) is 0 Å². The van der Waals surface area contributed by atoms with Gasteiger partial charge in [-0.25, -0.2) is 0 Å². The molecule has 1 N–H and O–H groups in total. The van der Waals surface area contributed by atoms with Gasteiger partial charge < -0.3 is 9.88 Å². The molecule has 158 valence electrons. The molecule has 4 rings (SSSR count). The SMILES string of the molecule is CC(=O)NC(CC(C)C)c1nnc2n1CCN(Cc1cccc3ncccc13)CC2. The molecule has 1 aromatic carbocycles. The molecule has 1 amide bonds. The molecular formula is C23H30N6O. The highest BCUT2D eigenvalue weighted by Gasteiger charge is 2.25. The van der Waals surface area contributed by atoms with Crippen molar-refractivity contribution in [1.29, 1.82) is 0 Å². The Labute approximate surface area is 177 Å². The Bertz CT molecular complexity index is 1020. The van der Waals surface area contributed by atoms with Crippen molar-refractivity contribution in [1.82, 2.24) is 30.0 Å². The molecule has 3 heterocycles. The summed E-state index contributed by atoms with van der Waals surface area (Å²) in [7, 11) is 0. The van der Waals surface area contributed by atoms with Gasteiger partial charge in [0.25, 0.3) is 0 Å². The van der Waals surface area contributed by atoms with Crippen molar-refractivity contribution in [3.05, 3.63) is 53.7 Å². The number of carbonyl (C=O) groups is 1. The molecular weight excluding hydrogens is 376 g/mol. The topological polar surface area (TPSA) is 75.9 Å². The van der Waals surface area contributed by atoms with Crippen molar-refractivity contribution in [3.63, 3.8) is 0 Å². The number of benzene rings is 1. The molecule has 0 radical (unpaired) electrons. The van der Waals surface area contributed by atoms with Crippen LogP contribution in [0.2, 0.25) is 0 Å². The number of pyridine rings is 1. The molecule has 1 atom stereocenters. The Morgan fingerprint density at radius 1 is 1.13 bits per heavy atom. The third-order valence-electron chi connectivity index (χ3n) is 5.67. The summed E-state index contributed by atoms with van der Waals surface area (Å²) in [4.78, 5) is 18.7. The van der Waals surface area contributed by atoms with Crippen LogP contribution < -0.4 is 5.32 Å². The second kappa shape index (κ2) is 8.92. The second-order valence-electron chi connectivity index (χ2n) is 8.52. The lowest BCUT2D eigenvalue weighted by molar-refractivity contribution is -0.119. The molecule has 0 bridgehead atoms. The third kappa shape index (κ3) is 4.51. The Morgan fingerprint density at radius 2 is 2.00 bits per heavy atom. The number of nitrogens with zero attached hydrogens (tertiary/aromatic N) is 5. The number of hydrogen-bond donors (Lipinski definition) is 1. The van der Waals surface area contributed by atoms with Gasteiger partial charge in [0.2, 0.25) is 5.91 Å². The van der Waals surface area contributed by atoms with E-state index in [9.17, 15) is 4.79 Å². The fourth-order valence-corrected chi connectivity index (χ4v) is 4.30. The molecule has 0 spiro atoms. The van der Waals surface area contributed by atoms with Crippen LogP contribution in [0.4, 0.5) is 0 Å². The normalized spacial score (nSPS) is 15.7. The highest BCUT2D eigenvalue weighted by Crippen LogP contribution is 2.23. The zero-order valence-electron chi connectivity index (χ0n) is 18.0. The monoisotopic (exact) mass is 406 g/mol. The fraction of sp³-hybridized carbons (Fsp3) is 0.478. The Kier molecular flexibility index (Phi) is 6.08. The fourth-order valence-electron chi connectivity index (χ4n) is 4.30. The predicted molar refractivity (Wildman–Crippen MR) is 117 cm³/mol. The van der Waals surface area contributed by atoms with Crippen molar-refractivity contribution in [2.24, 2.45) is 5.92 Å². The van der Waals surface area contributed by atoms with Crippen LogP contribution >= 0.6 is 0 Å². The summed E-state index contributed by atoms with van der Waals surface area (Å²) < 4.78 is 2.22. The van der Waals surface area contributed by atoms with Gasteiger partial charge in [-0.2, -0.15) is 0 Å². The number of amides is 1. The number of nitrogens with one attached hydrogen (secondary N) is 1. The molecule has 7 heteroatoms.